The number of rotatable bonds is 6. The first-order valence-corrected chi connectivity index (χ1v) is 10.9. The van der Waals surface area contributed by atoms with E-state index < -0.39 is 15.9 Å². The van der Waals surface area contributed by atoms with Crippen LogP contribution in [0.15, 0.2) is 46.7 Å². The molecule has 9 heteroatoms. The summed E-state index contributed by atoms with van der Waals surface area (Å²) in [4.78, 5) is 26.3. The fourth-order valence-electron chi connectivity index (χ4n) is 2.91. The van der Waals surface area contributed by atoms with Crippen molar-refractivity contribution in [2.24, 2.45) is 0 Å². The Labute approximate surface area is 162 Å². The van der Waals surface area contributed by atoms with Crippen molar-refractivity contribution in [2.45, 2.75) is 17.7 Å². The lowest BCUT2D eigenvalue weighted by molar-refractivity contribution is -0.116. The van der Waals surface area contributed by atoms with Crippen molar-refractivity contribution in [1.82, 2.24) is 9.21 Å². The van der Waals surface area contributed by atoms with Crippen molar-refractivity contribution < 1.29 is 18.0 Å². The van der Waals surface area contributed by atoms with Crippen LogP contribution in [0.4, 0.5) is 5.69 Å². The quantitative estimate of drug-likeness (QED) is 0.796. The number of hydrogen-bond acceptors (Lipinski definition) is 5. The maximum Gasteiger partial charge on any atom is 0.265 e. The molecule has 0 saturated carbocycles. The first kappa shape index (κ1) is 19.5. The second-order valence-electron chi connectivity index (χ2n) is 6.30. The highest BCUT2D eigenvalue weighted by Gasteiger charge is 2.32. The molecule has 2 amide bonds. The number of amides is 2. The van der Waals surface area contributed by atoms with Gasteiger partial charge in [-0.1, -0.05) is 18.2 Å². The Morgan fingerprint density at radius 3 is 2.48 bits per heavy atom. The minimum absolute atomic E-state index is 0.0229. The highest BCUT2D eigenvalue weighted by atomic mass is 32.2. The zero-order chi connectivity index (χ0) is 19.4. The summed E-state index contributed by atoms with van der Waals surface area (Å²) in [7, 11) is -2.20. The lowest BCUT2D eigenvalue weighted by atomic mass is 10.3. The average molecular weight is 408 g/mol. The van der Waals surface area contributed by atoms with Gasteiger partial charge in [0.15, 0.2) is 0 Å². The van der Waals surface area contributed by atoms with Crippen LogP contribution < -0.4 is 5.32 Å². The summed E-state index contributed by atoms with van der Waals surface area (Å²) in [5, 5.41) is 4.30. The maximum atomic E-state index is 12.8. The Balaban J connectivity index is 1.71. The summed E-state index contributed by atoms with van der Waals surface area (Å²) in [5.41, 5.74) is 0.636. The van der Waals surface area contributed by atoms with Crippen molar-refractivity contribution >= 4 is 38.9 Å². The number of para-hydroxylation sites is 1. The molecule has 1 aromatic heterocycles. The second-order valence-corrected chi connectivity index (χ2v) is 9.12. The van der Waals surface area contributed by atoms with Crippen molar-refractivity contribution in [3.8, 4) is 0 Å². The summed E-state index contributed by atoms with van der Waals surface area (Å²) in [6.07, 6.45) is 1.65. The molecular weight excluding hydrogens is 386 g/mol. The number of carbonyl (C=O) groups is 2. The molecule has 2 aromatic rings. The largest absolute Gasteiger partial charge is 0.332 e. The second kappa shape index (κ2) is 8.20. The Hall–Kier alpha value is -2.23. The fraction of sp³-hybridized carbons (Fsp3) is 0.333. The predicted octanol–water partition coefficient (Wildman–Crippen LogP) is 2.24. The van der Waals surface area contributed by atoms with Gasteiger partial charge in [-0.2, -0.15) is 4.31 Å². The molecular formula is C18H21N3O4S2. The first-order valence-electron chi connectivity index (χ1n) is 8.57. The summed E-state index contributed by atoms with van der Waals surface area (Å²) >= 11 is 1.07. The number of nitrogens with one attached hydrogen (secondary N) is 1. The molecule has 1 saturated heterocycles. The number of likely N-dealkylation sites (N-methyl/N-ethyl adjacent to an activating group) is 1. The van der Waals surface area contributed by atoms with E-state index in [1.807, 2.05) is 6.07 Å². The monoisotopic (exact) mass is 407 g/mol. The minimum Gasteiger partial charge on any atom is -0.332 e. The van der Waals surface area contributed by atoms with E-state index >= 15 is 0 Å². The van der Waals surface area contributed by atoms with Gasteiger partial charge in [0.25, 0.3) is 5.91 Å². The molecule has 0 radical (unpaired) electrons. The van der Waals surface area contributed by atoms with E-state index in [1.165, 1.54) is 22.3 Å². The van der Waals surface area contributed by atoms with Crippen LogP contribution in [0, 0.1) is 0 Å². The molecule has 7 nitrogen and oxygen atoms in total. The number of thiophene rings is 1. The zero-order valence-electron chi connectivity index (χ0n) is 14.9. The van der Waals surface area contributed by atoms with Crippen LogP contribution in [0.2, 0.25) is 0 Å². The number of benzene rings is 1. The van der Waals surface area contributed by atoms with Crippen LogP contribution in [0.25, 0.3) is 0 Å². The van der Waals surface area contributed by atoms with Gasteiger partial charge in [0, 0.05) is 25.8 Å². The Morgan fingerprint density at radius 1 is 1.15 bits per heavy atom. The van der Waals surface area contributed by atoms with Crippen molar-refractivity contribution in [1.29, 1.82) is 0 Å². The zero-order valence-corrected chi connectivity index (χ0v) is 16.6. The van der Waals surface area contributed by atoms with E-state index in [9.17, 15) is 18.0 Å². The predicted molar refractivity (Wildman–Crippen MR) is 104 cm³/mol. The molecule has 0 atom stereocenters. The molecule has 1 aliphatic heterocycles. The molecule has 1 N–H and O–H groups in total. The molecule has 0 bridgehead atoms. The normalized spacial score (nSPS) is 14.9. The lowest BCUT2D eigenvalue weighted by Crippen LogP contribution is -2.36. The third-order valence-electron chi connectivity index (χ3n) is 4.29. The van der Waals surface area contributed by atoms with Crippen LogP contribution >= 0.6 is 11.3 Å². The van der Waals surface area contributed by atoms with Crippen LogP contribution in [0.3, 0.4) is 0 Å². The van der Waals surface area contributed by atoms with E-state index in [-0.39, 0.29) is 22.2 Å². The number of hydrogen-bond donors (Lipinski definition) is 1. The van der Waals surface area contributed by atoms with Gasteiger partial charge >= 0.3 is 0 Å². The smallest absolute Gasteiger partial charge is 0.265 e. The third-order valence-corrected chi connectivity index (χ3v) is 7.26. The van der Waals surface area contributed by atoms with Gasteiger partial charge in [-0.05, 0) is 36.4 Å². The highest BCUT2D eigenvalue weighted by molar-refractivity contribution is 7.89. The molecule has 1 aliphatic rings. The standard InChI is InChI=1S/C18H21N3O4S2/c1-20(13-16(22)19-14-7-3-2-4-8-14)18(23)17-15(9-12-26-17)27(24,25)21-10-5-6-11-21/h2-4,7-9,12H,5-6,10-11,13H2,1H3,(H,19,22). The van der Waals surface area contributed by atoms with Crippen LogP contribution in [-0.2, 0) is 14.8 Å². The maximum absolute atomic E-state index is 12.8. The van der Waals surface area contributed by atoms with E-state index in [0.29, 0.717) is 18.8 Å². The summed E-state index contributed by atoms with van der Waals surface area (Å²) < 4.78 is 27.0. The van der Waals surface area contributed by atoms with E-state index in [4.69, 9.17) is 0 Å². The fourth-order valence-corrected chi connectivity index (χ4v) is 5.81. The highest BCUT2D eigenvalue weighted by Crippen LogP contribution is 2.28. The topological polar surface area (TPSA) is 86.8 Å². The van der Waals surface area contributed by atoms with Crippen molar-refractivity contribution in [2.75, 3.05) is 32.0 Å². The Kier molecular flexibility index (Phi) is 5.93. The summed E-state index contributed by atoms with van der Waals surface area (Å²) in [6.45, 7) is 0.775. The minimum atomic E-state index is -3.69. The SMILES string of the molecule is CN(CC(=O)Nc1ccccc1)C(=O)c1sccc1S(=O)(=O)N1CCCC1. The van der Waals surface area contributed by atoms with Crippen LogP contribution in [0.5, 0.6) is 0 Å². The summed E-state index contributed by atoms with van der Waals surface area (Å²) in [6, 6.07) is 10.4. The van der Waals surface area contributed by atoms with E-state index in [0.717, 1.165) is 24.2 Å². The van der Waals surface area contributed by atoms with Crippen molar-refractivity contribution in [3.63, 3.8) is 0 Å². The van der Waals surface area contributed by atoms with Gasteiger partial charge in [-0.25, -0.2) is 8.42 Å². The molecule has 3 rings (SSSR count). The third kappa shape index (κ3) is 4.37. The van der Waals surface area contributed by atoms with E-state index in [1.54, 1.807) is 29.6 Å². The number of sulfonamides is 1. The Morgan fingerprint density at radius 2 is 1.81 bits per heavy atom. The molecule has 0 spiro atoms. The van der Waals surface area contributed by atoms with Gasteiger partial charge in [-0.15, -0.1) is 11.3 Å². The van der Waals surface area contributed by atoms with Crippen LogP contribution in [0.1, 0.15) is 22.5 Å². The Bertz CT molecular complexity index is 919. The van der Waals surface area contributed by atoms with E-state index in [2.05, 4.69) is 5.32 Å². The van der Waals surface area contributed by atoms with Crippen molar-refractivity contribution in [3.05, 3.63) is 46.7 Å². The lowest BCUT2D eigenvalue weighted by Gasteiger charge is -2.19. The molecule has 1 aromatic carbocycles. The number of carbonyl (C=O) groups excluding carboxylic acids is 2. The summed E-state index contributed by atoms with van der Waals surface area (Å²) in [5.74, 6) is -0.830. The molecule has 144 valence electrons. The molecule has 27 heavy (non-hydrogen) atoms. The number of anilines is 1. The van der Waals surface area contributed by atoms with Gasteiger partial charge in [-0.3, -0.25) is 9.59 Å². The van der Waals surface area contributed by atoms with Gasteiger partial charge < -0.3 is 10.2 Å². The molecule has 0 unspecified atom stereocenters. The van der Waals surface area contributed by atoms with Crippen LogP contribution in [-0.4, -0.2) is 56.1 Å². The molecule has 0 aliphatic carbocycles. The average Bonchev–Trinajstić information content (AvgIpc) is 3.34. The first-order chi connectivity index (χ1) is 12.9. The van der Waals surface area contributed by atoms with Gasteiger partial charge in [0.2, 0.25) is 15.9 Å². The molecule has 2 heterocycles. The number of nitrogens with zero attached hydrogens (tertiary/aromatic N) is 2. The van der Waals surface area contributed by atoms with Gasteiger partial charge in [0.1, 0.15) is 9.77 Å². The van der Waals surface area contributed by atoms with Gasteiger partial charge in [0.05, 0.1) is 6.54 Å². The molecule has 1 fully saturated rings.